The summed E-state index contributed by atoms with van der Waals surface area (Å²) in [5.74, 6) is -0.257. The normalized spacial score (nSPS) is 10.5. The van der Waals surface area contributed by atoms with Crippen molar-refractivity contribution in [3.63, 3.8) is 0 Å². The maximum Gasteiger partial charge on any atom is 0.273 e. The van der Waals surface area contributed by atoms with Crippen LogP contribution in [-0.2, 0) is 5.75 Å². The Labute approximate surface area is 123 Å². The Hall–Kier alpha value is -1.79. The monoisotopic (exact) mass is 312 g/mol. The van der Waals surface area contributed by atoms with Crippen LogP contribution in [0.4, 0.5) is 15.8 Å². The molecule has 0 heterocycles. The smallest absolute Gasteiger partial charge is 0.273 e. The third-order valence-electron chi connectivity index (χ3n) is 2.58. The maximum absolute atomic E-state index is 13.2. The molecule has 0 amide bonds. The first kappa shape index (κ1) is 14.6. The van der Waals surface area contributed by atoms with E-state index >= 15 is 0 Å². The summed E-state index contributed by atoms with van der Waals surface area (Å²) in [6.07, 6.45) is 0. The van der Waals surface area contributed by atoms with Gasteiger partial charge in [0.25, 0.3) is 5.69 Å². The van der Waals surface area contributed by atoms with Crippen molar-refractivity contribution in [2.75, 3.05) is 5.73 Å². The van der Waals surface area contributed by atoms with Crippen LogP contribution < -0.4 is 5.73 Å². The molecule has 0 bridgehead atoms. The highest BCUT2D eigenvalue weighted by Gasteiger charge is 2.15. The number of hydrogen-bond donors (Lipinski definition) is 1. The molecule has 2 N–H and O–H groups in total. The standard InChI is InChI=1S/C13H10ClFN2O2S/c14-11-6-10(16)2-4-13(11)20-7-8-5-9(15)1-3-12(8)17(18)19/h1-6H,7,16H2. The van der Waals surface area contributed by atoms with E-state index in [1.54, 1.807) is 18.2 Å². The molecule has 0 radical (unpaired) electrons. The third-order valence-corrected chi connectivity index (χ3v) is 4.12. The van der Waals surface area contributed by atoms with Gasteiger partial charge < -0.3 is 5.73 Å². The van der Waals surface area contributed by atoms with Crippen molar-refractivity contribution in [1.82, 2.24) is 0 Å². The van der Waals surface area contributed by atoms with Crippen molar-refractivity contribution < 1.29 is 9.31 Å². The molecule has 0 spiro atoms. The number of anilines is 1. The zero-order valence-electron chi connectivity index (χ0n) is 10.2. The van der Waals surface area contributed by atoms with Gasteiger partial charge in [0, 0.05) is 28.0 Å². The number of halogens is 2. The molecule has 2 aromatic carbocycles. The van der Waals surface area contributed by atoms with Crippen LogP contribution in [-0.4, -0.2) is 4.92 Å². The van der Waals surface area contributed by atoms with E-state index in [2.05, 4.69) is 0 Å². The van der Waals surface area contributed by atoms with E-state index in [1.165, 1.54) is 11.8 Å². The Balaban J connectivity index is 2.22. The van der Waals surface area contributed by atoms with Gasteiger partial charge >= 0.3 is 0 Å². The number of rotatable bonds is 4. The summed E-state index contributed by atoms with van der Waals surface area (Å²) < 4.78 is 13.2. The molecule has 104 valence electrons. The van der Waals surface area contributed by atoms with Crippen LogP contribution in [0.5, 0.6) is 0 Å². The lowest BCUT2D eigenvalue weighted by atomic mass is 10.2. The van der Waals surface area contributed by atoms with Gasteiger partial charge in [-0.2, -0.15) is 0 Å². The van der Waals surface area contributed by atoms with Crippen molar-refractivity contribution in [1.29, 1.82) is 0 Å². The number of nitrogens with two attached hydrogens (primary N) is 1. The van der Waals surface area contributed by atoms with E-state index in [1.807, 2.05) is 0 Å². The first-order chi connectivity index (χ1) is 9.47. The molecule has 2 rings (SSSR count). The molecule has 0 saturated heterocycles. The lowest BCUT2D eigenvalue weighted by Gasteiger charge is -2.06. The van der Waals surface area contributed by atoms with Gasteiger partial charge in [-0.3, -0.25) is 10.1 Å². The van der Waals surface area contributed by atoms with Gasteiger partial charge in [0.2, 0.25) is 0 Å². The number of thioether (sulfide) groups is 1. The van der Waals surface area contributed by atoms with E-state index in [4.69, 9.17) is 17.3 Å². The van der Waals surface area contributed by atoms with Crippen molar-refractivity contribution in [3.8, 4) is 0 Å². The summed E-state index contributed by atoms with van der Waals surface area (Å²) in [6.45, 7) is 0. The van der Waals surface area contributed by atoms with E-state index in [-0.39, 0.29) is 11.4 Å². The summed E-state index contributed by atoms with van der Waals surface area (Å²) >= 11 is 7.31. The molecule has 0 aliphatic carbocycles. The summed E-state index contributed by atoms with van der Waals surface area (Å²) in [5, 5.41) is 11.4. The number of nitrogen functional groups attached to an aromatic ring is 1. The van der Waals surface area contributed by atoms with Crippen LogP contribution in [0.3, 0.4) is 0 Å². The Morgan fingerprint density at radius 1 is 1.30 bits per heavy atom. The number of benzene rings is 2. The van der Waals surface area contributed by atoms with Gasteiger partial charge in [0.05, 0.1) is 9.95 Å². The predicted octanol–water partition coefficient (Wildman–Crippen LogP) is 4.26. The fourth-order valence-corrected chi connectivity index (χ4v) is 2.89. The Kier molecular flexibility index (Phi) is 4.46. The molecule has 0 aromatic heterocycles. The van der Waals surface area contributed by atoms with Crippen LogP contribution in [0.2, 0.25) is 5.02 Å². The highest BCUT2D eigenvalue weighted by molar-refractivity contribution is 7.98. The molecule has 0 unspecified atom stereocenters. The fraction of sp³-hybridized carbons (Fsp3) is 0.0769. The number of hydrogen-bond acceptors (Lipinski definition) is 4. The summed E-state index contributed by atoms with van der Waals surface area (Å²) in [5.41, 5.74) is 6.33. The minimum absolute atomic E-state index is 0.106. The van der Waals surface area contributed by atoms with Crippen molar-refractivity contribution in [3.05, 3.63) is 62.9 Å². The average molecular weight is 313 g/mol. The van der Waals surface area contributed by atoms with Crippen LogP contribution in [0.25, 0.3) is 0 Å². The molecule has 0 saturated carbocycles. The number of nitrogens with zero attached hydrogens (tertiary/aromatic N) is 1. The summed E-state index contributed by atoms with van der Waals surface area (Å²) in [4.78, 5) is 11.1. The highest BCUT2D eigenvalue weighted by Crippen LogP contribution is 2.33. The zero-order valence-corrected chi connectivity index (χ0v) is 11.7. The Morgan fingerprint density at radius 2 is 2.05 bits per heavy atom. The van der Waals surface area contributed by atoms with E-state index < -0.39 is 10.7 Å². The minimum Gasteiger partial charge on any atom is -0.399 e. The second-order valence-electron chi connectivity index (χ2n) is 4.01. The van der Waals surface area contributed by atoms with Gasteiger partial charge in [0.1, 0.15) is 5.82 Å². The largest absolute Gasteiger partial charge is 0.399 e. The lowest BCUT2D eigenvalue weighted by molar-refractivity contribution is -0.385. The van der Waals surface area contributed by atoms with Gasteiger partial charge in [0.15, 0.2) is 0 Å². The van der Waals surface area contributed by atoms with Crippen molar-refractivity contribution >= 4 is 34.7 Å². The van der Waals surface area contributed by atoms with Crippen LogP contribution >= 0.6 is 23.4 Å². The van der Waals surface area contributed by atoms with Gasteiger partial charge in [-0.15, -0.1) is 11.8 Å². The van der Waals surface area contributed by atoms with E-state index in [0.717, 1.165) is 23.1 Å². The van der Waals surface area contributed by atoms with Gasteiger partial charge in [-0.25, -0.2) is 4.39 Å². The average Bonchev–Trinajstić information content (AvgIpc) is 2.37. The van der Waals surface area contributed by atoms with Crippen LogP contribution in [0.1, 0.15) is 5.56 Å². The van der Waals surface area contributed by atoms with Crippen LogP contribution in [0.15, 0.2) is 41.3 Å². The van der Waals surface area contributed by atoms with Gasteiger partial charge in [-0.1, -0.05) is 11.6 Å². The predicted molar refractivity (Wildman–Crippen MR) is 78.5 cm³/mol. The minimum atomic E-state index is -0.528. The molecular weight excluding hydrogens is 303 g/mol. The van der Waals surface area contributed by atoms with Crippen LogP contribution in [0, 0.1) is 15.9 Å². The second kappa shape index (κ2) is 6.11. The quantitative estimate of drug-likeness (QED) is 0.396. The first-order valence-electron chi connectivity index (χ1n) is 5.58. The zero-order chi connectivity index (χ0) is 14.7. The topological polar surface area (TPSA) is 69.2 Å². The second-order valence-corrected chi connectivity index (χ2v) is 5.43. The molecule has 2 aromatic rings. The molecule has 0 aliphatic heterocycles. The highest BCUT2D eigenvalue weighted by atomic mass is 35.5. The maximum atomic E-state index is 13.2. The van der Waals surface area contributed by atoms with E-state index in [9.17, 15) is 14.5 Å². The molecule has 20 heavy (non-hydrogen) atoms. The molecular formula is C13H10ClFN2O2S. The molecule has 7 heteroatoms. The Morgan fingerprint density at radius 3 is 2.70 bits per heavy atom. The summed E-state index contributed by atoms with van der Waals surface area (Å²) in [6, 6.07) is 8.42. The lowest BCUT2D eigenvalue weighted by Crippen LogP contribution is -1.95. The number of nitro benzene ring substituents is 1. The van der Waals surface area contributed by atoms with Gasteiger partial charge in [-0.05, 0) is 30.3 Å². The summed E-state index contributed by atoms with van der Waals surface area (Å²) in [7, 11) is 0. The third kappa shape index (κ3) is 3.40. The number of nitro groups is 1. The molecule has 0 aliphatic rings. The Bertz CT molecular complexity index is 667. The van der Waals surface area contributed by atoms with Crippen molar-refractivity contribution in [2.45, 2.75) is 10.6 Å². The molecule has 0 atom stereocenters. The van der Waals surface area contributed by atoms with E-state index in [0.29, 0.717) is 16.3 Å². The fourth-order valence-electron chi connectivity index (χ4n) is 1.64. The van der Waals surface area contributed by atoms with Crippen molar-refractivity contribution in [2.24, 2.45) is 0 Å². The molecule has 4 nitrogen and oxygen atoms in total. The first-order valence-corrected chi connectivity index (χ1v) is 6.94. The SMILES string of the molecule is Nc1ccc(SCc2cc(F)ccc2[N+](=O)[O-])c(Cl)c1. The molecule has 0 fully saturated rings.